The zero-order chi connectivity index (χ0) is 14.2. The molecule has 18 heavy (non-hydrogen) atoms. The van der Waals surface area contributed by atoms with Crippen LogP contribution in [0.2, 0.25) is 0 Å². The van der Waals surface area contributed by atoms with Crippen LogP contribution in [0.4, 0.5) is 0 Å². The van der Waals surface area contributed by atoms with Gasteiger partial charge in [-0.25, -0.2) is 0 Å². The lowest BCUT2D eigenvalue weighted by atomic mass is 10.7. The Morgan fingerprint density at radius 2 is 0.833 bits per heavy atom. The molecule has 0 bridgehead atoms. The molecule has 110 valence electrons. The van der Waals surface area contributed by atoms with Crippen LogP contribution in [0.1, 0.15) is 27.7 Å². The second-order valence-electron chi connectivity index (χ2n) is 2.88. The molecular formula is C12H28N2O4. The van der Waals surface area contributed by atoms with Crippen LogP contribution in [0.5, 0.6) is 0 Å². The molecule has 0 aromatic rings. The van der Waals surface area contributed by atoms with Gasteiger partial charge in [-0.1, -0.05) is 0 Å². The summed E-state index contributed by atoms with van der Waals surface area (Å²) in [6, 6.07) is 0. The minimum absolute atomic E-state index is 0.332. The zero-order valence-corrected chi connectivity index (χ0v) is 12.0. The van der Waals surface area contributed by atoms with E-state index in [1.807, 2.05) is 27.7 Å². The highest BCUT2D eigenvalue weighted by atomic mass is 16.7. The average molecular weight is 264 g/mol. The molecule has 0 aromatic heterocycles. The lowest BCUT2D eigenvalue weighted by Gasteiger charge is -2.14. The minimum Gasteiger partial charge on any atom is -0.461 e. The molecule has 0 amide bonds. The van der Waals surface area contributed by atoms with Crippen molar-refractivity contribution < 1.29 is 18.9 Å². The van der Waals surface area contributed by atoms with E-state index in [9.17, 15) is 0 Å². The molecule has 0 aromatic carbocycles. The lowest BCUT2D eigenvalue weighted by molar-refractivity contribution is -0.0354. The van der Waals surface area contributed by atoms with E-state index in [2.05, 4.69) is 0 Å². The second-order valence-corrected chi connectivity index (χ2v) is 2.88. The third kappa shape index (κ3) is 11.3. The van der Waals surface area contributed by atoms with Gasteiger partial charge in [0.05, 0.1) is 26.4 Å². The Hall–Kier alpha value is -1.14. The average Bonchev–Trinajstić information content (AvgIpc) is 2.38. The summed E-state index contributed by atoms with van der Waals surface area (Å²) in [5.41, 5.74) is 9.81. The highest BCUT2D eigenvalue weighted by Gasteiger charge is 2.12. The summed E-state index contributed by atoms with van der Waals surface area (Å²) in [7, 11) is 0. The largest absolute Gasteiger partial charge is 0.461 e. The van der Waals surface area contributed by atoms with Gasteiger partial charge in [0.2, 0.25) is 0 Å². The van der Waals surface area contributed by atoms with Gasteiger partial charge in [0, 0.05) is 13.1 Å². The van der Waals surface area contributed by atoms with E-state index in [1.54, 1.807) is 0 Å². The minimum atomic E-state index is 0.332. The molecule has 0 fully saturated rings. The van der Waals surface area contributed by atoms with Gasteiger partial charge in [-0.2, -0.15) is 0 Å². The molecule has 4 N–H and O–H groups in total. The maximum atomic E-state index is 5.26. The van der Waals surface area contributed by atoms with Crippen molar-refractivity contribution >= 4 is 0 Å². The summed E-state index contributed by atoms with van der Waals surface area (Å²) in [4.78, 5) is 0. The predicted molar refractivity (Wildman–Crippen MR) is 71.6 cm³/mol. The Morgan fingerprint density at radius 1 is 0.611 bits per heavy atom. The summed E-state index contributed by atoms with van der Waals surface area (Å²) >= 11 is 0. The maximum Gasteiger partial charge on any atom is 0.364 e. The number of ether oxygens (including phenoxy) is 4. The SMILES string of the molecule is CCOC(OCC)=C(OCC)OCC.NCCN. The van der Waals surface area contributed by atoms with E-state index < -0.39 is 0 Å². The van der Waals surface area contributed by atoms with E-state index >= 15 is 0 Å². The Labute approximate surface area is 110 Å². The fourth-order valence-electron chi connectivity index (χ4n) is 0.843. The maximum absolute atomic E-state index is 5.26. The molecule has 0 atom stereocenters. The van der Waals surface area contributed by atoms with Crippen LogP contribution in [0.25, 0.3) is 0 Å². The Balaban J connectivity index is 0. The molecular weight excluding hydrogens is 236 g/mol. The topological polar surface area (TPSA) is 89.0 Å². The molecule has 0 aliphatic carbocycles. The molecule has 0 unspecified atom stereocenters. The van der Waals surface area contributed by atoms with Crippen LogP contribution in [0.15, 0.2) is 11.9 Å². The number of nitrogens with two attached hydrogens (primary N) is 2. The third-order valence-electron chi connectivity index (χ3n) is 1.44. The summed E-state index contributed by atoms with van der Waals surface area (Å²) in [6.45, 7) is 10.8. The van der Waals surface area contributed by atoms with Crippen LogP contribution < -0.4 is 11.5 Å². The molecule has 6 heteroatoms. The molecule has 6 nitrogen and oxygen atoms in total. The van der Waals surface area contributed by atoms with Crippen molar-refractivity contribution in [3.8, 4) is 0 Å². The van der Waals surface area contributed by atoms with E-state index in [0.717, 1.165) is 0 Å². The van der Waals surface area contributed by atoms with Crippen molar-refractivity contribution in [2.45, 2.75) is 27.7 Å². The fourth-order valence-corrected chi connectivity index (χ4v) is 0.843. The summed E-state index contributed by atoms with van der Waals surface area (Å²) in [6.07, 6.45) is 0. The van der Waals surface area contributed by atoms with E-state index in [4.69, 9.17) is 30.4 Å². The predicted octanol–water partition coefficient (Wildman–Crippen LogP) is 1.16. The highest BCUT2D eigenvalue weighted by Crippen LogP contribution is 2.11. The monoisotopic (exact) mass is 264 g/mol. The van der Waals surface area contributed by atoms with Crippen molar-refractivity contribution in [3.63, 3.8) is 0 Å². The van der Waals surface area contributed by atoms with Gasteiger partial charge in [-0.05, 0) is 27.7 Å². The van der Waals surface area contributed by atoms with Crippen molar-refractivity contribution in [1.82, 2.24) is 0 Å². The smallest absolute Gasteiger partial charge is 0.364 e. The first-order valence-corrected chi connectivity index (χ1v) is 6.37. The van der Waals surface area contributed by atoms with Gasteiger partial charge in [0.1, 0.15) is 0 Å². The van der Waals surface area contributed by atoms with Crippen LogP contribution in [0.3, 0.4) is 0 Å². The fraction of sp³-hybridized carbons (Fsp3) is 0.833. The molecule has 0 aliphatic rings. The van der Waals surface area contributed by atoms with Crippen molar-refractivity contribution in [2.75, 3.05) is 39.5 Å². The van der Waals surface area contributed by atoms with Gasteiger partial charge in [0.15, 0.2) is 0 Å². The molecule has 0 spiro atoms. The van der Waals surface area contributed by atoms with Gasteiger partial charge in [-0.15, -0.1) is 0 Å². The number of hydrogen-bond acceptors (Lipinski definition) is 6. The van der Waals surface area contributed by atoms with Crippen molar-refractivity contribution in [3.05, 3.63) is 11.9 Å². The highest BCUT2D eigenvalue weighted by molar-refractivity contribution is 4.86. The van der Waals surface area contributed by atoms with Crippen molar-refractivity contribution in [1.29, 1.82) is 0 Å². The number of rotatable bonds is 9. The van der Waals surface area contributed by atoms with E-state index in [1.165, 1.54) is 0 Å². The van der Waals surface area contributed by atoms with Gasteiger partial charge in [0.25, 0.3) is 0 Å². The van der Waals surface area contributed by atoms with Crippen LogP contribution in [0, 0.1) is 0 Å². The zero-order valence-electron chi connectivity index (χ0n) is 12.0. The Kier molecular flexibility index (Phi) is 16.9. The first-order valence-electron chi connectivity index (χ1n) is 6.37. The van der Waals surface area contributed by atoms with Crippen LogP contribution in [-0.2, 0) is 18.9 Å². The molecule has 0 rings (SSSR count). The van der Waals surface area contributed by atoms with Crippen molar-refractivity contribution in [2.24, 2.45) is 11.5 Å². The van der Waals surface area contributed by atoms with E-state index in [-0.39, 0.29) is 0 Å². The Morgan fingerprint density at radius 3 is 0.944 bits per heavy atom. The molecule has 0 saturated heterocycles. The summed E-state index contributed by atoms with van der Waals surface area (Å²) in [5, 5.41) is 0. The normalized spacial score (nSPS) is 8.78. The summed E-state index contributed by atoms with van der Waals surface area (Å²) in [5.74, 6) is 0.664. The Bertz CT molecular complexity index is 163. The molecule has 0 radical (unpaired) electrons. The lowest BCUT2D eigenvalue weighted by Crippen LogP contribution is -2.11. The van der Waals surface area contributed by atoms with Crippen LogP contribution >= 0.6 is 0 Å². The first kappa shape index (κ1) is 19.2. The molecule has 0 aliphatic heterocycles. The van der Waals surface area contributed by atoms with Crippen LogP contribution in [-0.4, -0.2) is 39.5 Å². The first-order chi connectivity index (χ1) is 8.71. The third-order valence-corrected chi connectivity index (χ3v) is 1.44. The van der Waals surface area contributed by atoms with Gasteiger partial charge < -0.3 is 30.4 Å². The van der Waals surface area contributed by atoms with Gasteiger partial charge in [-0.3, -0.25) is 0 Å². The summed E-state index contributed by atoms with van der Waals surface area (Å²) < 4.78 is 21.0. The quantitative estimate of drug-likeness (QED) is 0.608. The molecule has 0 heterocycles. The standard InChI is InChI=1S/C10H20O4.C2H8N2/c1-5-11-9(12-6-2)10(13-7-3)14-8-4;3-1-2-4/h5-8H2,1-4H3;1-4H2. The second kappa shape index (κ2) is 15.9. The van der Waals surface area contributed by atoms with Gasteiger partial charge >= 0.3 is 11.9 Å². The molecule has 0 saturated carbocycles. The number of hydrogen-bond donors (Lipinski definition) is 2. The van der Waals surface area contributed by atoms with E-state index in [0.29, 0.717) is 51.4 Å².